The van der Waals surface area contributed by atoms with Crippen LogP contribution in [0, 0.1) is 0 Å². The number of fused-ring (bicyclic) bond motifs is 1. The van der Waals surface area contributed by atoms with E-state index in [0.29, 0.717) is 0 Å². The zero-order valence-electron chi connectivity index (χ0n) is 11.9. The smallest absolute Gasteiger partial charge is 0.194 e. The topological polar surface area (TPSA) is 52.5 Å². The Balaban J connectivity index is 2.01. The van der Waals surface area contributed by atoms with Gasteiger partial charge in [-0.1, -0.05) is 23.9 Å². The van der Waals surface area contributed by atoms with Crippen molar-refractivity contribution in [2.24, 2.45) is 5.73 Å². The summed E-state index contributed by atoms with van der Waals surface area (Å²) in [4.78, 5) is 6.80. The van der Waals surface area contributed by atoms with Gasteiger partial charge in [-0.25, -0.2) is 4.98 Å². The number of benzene rings is 1. The number of hydrogen-bond donors (Lipinski definition) is 1. The maximum Gasteiger partial charge on any atom is 0.194 e. The van der Waals surface area contributed by atoms with Crippen LogP contribution in [-0.2, 0) is 6.42 Å². The Kier molecular flexibility index (Phi) is 4.19. The monoisotopic (exact) mass is 319 g/mol. The van der Waals surface area contributed by atoms with E-state index in [1.54, 1.807) is 30.2 Å². The largest absolute Gasteiger partial charge is 0.496 e. The summed E-state index contributed by atoms with van der Waals surface area (Å²) >= 11 is 3.27. The number of para-hydroxylation sites is 1. The lowest BCUT2D eigenvalue weighted by Crippen LogP contribution is -2.19. The number of thiazole rings is 1. The molecule has 0 fully saturated rings. The zero-order chi connectivity index (χ0) is 14.8. The van der Waals surface area contributed by atoms with Gasteiger partial charge in [-0.3, -0.25) is 4.40 Å². The summed E-state index contributed by atoms with van der Waals surface area (Å²) in [5.41, 5.74) is 7.15. The molecular formula is C15H17N3OS2. The van der Waals surface area contributed by atoms with Crippen LogP contribution in [0.3, 0.4) is 0 Å². The van der Waals surface area contributed by atoms with Crippen LogP contribution in [-0.4, -0.2) is 22.5 Å². The molecule has 0 bridgehead atoms. The highest BCUT2D eigenvalue weighted by Gasteiger charge is 2.17. The summed E-state index contributed by atoms with van der Waals surface area (Å²) in [6, 6.07) is 8.09. The minimum absolute atomic E-state index is 0.0989. The first-order valence-electron chi connectivity index (χ1n) is 6.70. The Bertz CT molecular complexity index is 748. The van der Waals surface area contributed by atoms with Crippen molar-refractivity contribution in [1.29, 1.82) is 0 Å². The molecule has 3 rings (SSSR count). The third kappa shape index (κ3) is 2.92. The molecule has 0 saturated carbocycles. The molecule has 2 aromatic heterocycles. The second-order valence-electron chi connectivity index (χ2n) is 4.85. The number of aromatic nitrogens is 2. The number of imidazole rings is 1. The van der Waals surface area contributed by atoms with Crippen molar-refractivity contribution in [3.05, 3.63) is 41.5 Å². The van der Waals surface area contributed by atoms with E-state index in [4.69, 9.17) is 15.5 Å². The summed E-state index contributed by atoms with van der Waals surface area (Å²) in [7, 11) is 1.69. The summed E-state index contributed by atoms with van der Waals surface area (Å²) in [5, 5.41) is 3.05. The molecule has 110 valence electrons. The van der Waals surface area contributed by atoms with E-state index >= 15 is 0 Å². The van der Waals surface area contributed by atoms with Crippen molar-refractivity contribution in [1.82, 2.24) is 9.38 Å². The zero-order valence-corrected chi connectivity index (χ0v) is 13.6. The second kappa shape index (κ2) is 6.09. The van der Waals surface area contributed by atoms with E-state index in [-0.39, 0.29) is 6.04 Å². The molecular weight excluding hydrogens is 302 g/mol. The molecule has 0 saturated heterocycles. The normalized spacial score (nSPS) is 12.7. The number of rotatable bonds is 5. The molecule has 4 nitrogen and oxygen atoms in total. The third-order valence-electron chi connectivity index (χ3n) is 3.12. The standard InChI is InChI=1S/C15H17N3OS2/c1-10(16)9-11-14(17-15-18(11)7-8-20-15)21-13-6-4-3-5-12(13)19-2/h3-8,10H,9,16H2,1-2H3. The first-order chi connectivity index (χ1) is 10.2. The highest BCUT2D eigenvalue weighted by molar-refractivity contribution is 7.99. The van der Waals surface area contributed by atoms with Crippen LogP contribution in [0.25, 0.3) is 4.96 Å². The van der Waals surface area contributed by atoms with E-state index in [9.17, 15) is 0 Å². The first kappa shape index (κ1) is 14.4. The van der Waals surface area contributed by atoms with Gasteiger partial charge in [0.15, 0.2) is 4.96 Å². The van der Waals surface area contributed by atoms with Crippen molar-refractivity contribution in [3.63, 3.8) is 0 Å². The predicted molar refractivity (Wildman–Crippen MR) is 87.5 cm³/mol. The molecule has 6 heteroatoms. The predicted octanol–water partition coefficient (Wildman–Crippen LogP) is 3.45. The van der Waals surface area contributed by atoms with Gasteiger partial charge in [0.25, 0.3) is 0 Å². The van der Waals surface area contributed by atoms with Gasteiger partial charge in [-0.2, -0.15) is 0 Å². The van der Waals surface area contributed by atoms with E-state index < -0.39 is 0 Å². The SMILES string of the molecule is COc1ccccc1Sc1nc2sccn2c1CC(C)N. The molecule has 0 radical (unpaired) electrons. The van der Waals surface area contributed by atoms with Gasteiger partial charge in [-0.05, 0) is 19.1 Å². The van der Waals surface area contributed by atoms with Gasteiger partial charge in [0.1, 0.15) is 10.8 Å². The summed E-state index contributed by atoms with van der Waals surface area (Å²) in [6.07, 6.45) is 2.85. The molecule has 0 aliphatic carbocycles. The maximum atomic E-state index is 5.99. The summed E-state index contributed by atoms with van der Waals surface area (Å²) in [6.45, 7) is 2.02. The Morgan fingerprint density at radius 1 is 1.43 bits per heavy atom. The van der Waals surface area contributed by atoms with Crippen LogP contribution in [0.2, 0.25) is 0 Å². The fourth-order valence-corrected chi connectivity index (χ4v) is 4.02. The fourth-order valence-electron chi connectivity index (χ4n) is 2.19. The van der Waals surface area contributed by atoms with Gasteiger partial charge in [-0.15, -0.1) is 11.3 Å². The van der Waals surface area contributed by atoms with Crippen LogP contribution in [0.15, 0.2) is 45.8 Å². The fraction of sp³-hybridized carbons (Fsp3) is 0.267. The molecule has 1 aromatic carbocycles. The Hall–Kier alpha value is -1.50. The van der Waals surface area contributed by atoms with Crippen molar-refractivity contribution in [3.8, 4) is 5.75 Å². The molecule has 1 atom stereocenters. The van der Waals surface area contributed by atoms with Crippen LogP contribution >= 0.6 is 23.1 Å². The Morgan fingerprint density at radius 3 is 3.00 bits per heavy atom. The van der Waals surface area contributed by atoms with Gasteiger partial charge in [0, 0.05) is 24.0 Å². The molecule has 2 N–H and O–H groups in total. The number of ether oxygens (including phenoxy) is 1. The van der Waals surface area contributed by atoms with E-state index in [1.807, 2.05) is 36.6 Å². The van der Waals surface area contributed by atoms with E-state index in [0.717, 1.165) is 32.7 Å². The molecule has 0 aliphatic heterocycles. The van der Waals surface area contributed by atoms with Gasteiger partial charge >= 0.3 is 0 Å². The minimum atomic E-state index is 0.0989. The number of methoxy groups -OCH3 is 1. The van der Waals surface area contributed by atoms with E-state index in [1.165, 1.54) is 0 Å². The summed E-state index contributed by atoms with van der Waals surface area (Å²) < 4.78 is 7.55. The molecule has 0 amide bonds. The highest BCUT2D eigenvalue weighted by Crippen LogP contribution is 2.37. The van der Waals surface area contributed by atoms with Gasteiger partial charge in [0.2, 0.25) is 0 Å². The molecule has 3 aromatic rings. The van der Waals surface area contributed by atoms with Crippen LogP contribution < -0.4 is 10.5 Å². The Labute approximate surface area is 132 Å². The lowest BCUT2D eigenvalue weighted by Gasteiger charge is -2.09. The summed E-state index contributed by atoms with van der Waals surface area (Å²) in [5.74, 6) is 0.866. The molecule has 0 aliphatic rings. The second-order valence-corrected chi connectivity index (χ2v) is 6.76. The Morgan fingerprint density at radius 2 is 2.24 bits per heavy atom. The average Bonchev–Trinajstić information content (AvgIpc) is 3.03. The molecule has 1 unspecified atom stereocenters. The van der Waals surface area contributed by atoms with Gasteiger partial charge in [0.05, 0.1) is 17.7 Å². The molecule has 21 heavy (non-hydrogen) atoms. The van der Waals surface area contributed by atoms with Crippen LogP contribution in [0.1, 0.15) is 12.6 Å². The number of hydrogen-bond acceptors (Lipinski definition) is 5. The maximum absolute atomic E-state index is 5.99. The van der Waals surface area contributed by atoms with E-state index in [2.05, 4.69) is 10.6 Å². The quantitative estimate of drug-likeness (QED) is 0.782. The first-order valence-corrected chi connectivity index (χ1v) is 8.39. The third-order valence-corrected chi connectivity index (χ3v) is 4.95. The number of nitrogens with zero attached hydrogens (tertiary/aromatic N) is 2. The number of nitrogens with two attached hydrogens (primary N) is 1. The lowest BCUT2D eigenvalue weighted by atomic mass is 10.2. The minimum Gasteiger partial charge on any atom is -0.496 e. The van der Waals surface area contributed by atoms with Crippen molar-refractivity contribution < 1.29 is 4.74 Å². The van der Waals surface area contributed by atoms with Crippen molar-refractivity contribution in [2.45, 2.75) is 29.3 Å². The molecule has 2 heterocycles. The average molecular weight is 319 g/mol. The van der Waals surface area contributed by atoms with Crippen LogP contribution in [0.4, 0.5) is 0 Å². The van der Waals surface area contributed by atoms with Crippen molar-refractivity contribution >= 4 is 28.1 Å². The van der Waals surface area contributed by atoms with Crippen molar-refractivity contribution in [2.75, 3.05) is 7.11 Å². The van der Waals surface area contributed by atoms with Gasteiger partial charge < -0.3 is 10.5 Å². The lowest BCUT2D eigenvalue weighted by molar-refractivity contribution is 0.405. The molecule has 0 spiro atoms. The highest BCUT2D eigenvalue weighted by atomic mass is 32.2. The van der Waals surface area contributed by atoms with Crippen LogP contribution in [0.5, 0.6) is 5.75 Å².